The monoisotopic (exact) mass is 320 g/mol. The second-order valence-corrected chi connectivity index (χ2v) is 7.74. The maximum absolute atomic E-state index is 4.78. The highest BCUT2D eigenvalue weighted by molar-refractivity contribution is 5.80. The molecule has 0 aromatic carbocycles. The Morgan fingerprint density at radius 1 is 1.04 bits per heavy atom. The van der Waals surface area contributed by atoms with Crippen molar-refractivity contribution in [1.29, 1.82) is 0 Å². The fourth-order valence-electron chi connectivity index (χ4n) is 4.17. The van der Waals surface area contributed by atoms with Gasteiger partial charge in [0.05, 0.1) is 0 Å². The molecule has 1 heterocycles. The van der Waals surface area contributed by atoms with Gasteiger partial charge in [-0.3, -0.25) is 4.99 Å². The molecule has 23 heavy (non-hydrogen) atoms. The van der Waals surface area contributed by atoms with Crippen molar-refractivity contribution in [2.24, 2.45) is 10.9 Å². The molecule has 2 saturated carbocycles. The summed E-state index contributed by atoms with van der Waals surface area (Å²) in [4.78, 5) is 7.53. The average Bonchev–Trinajstić information content (AvgIpc) is 3.23. The molecule has 4 heteroatoms. The summed E-state index contributed by atoms with van der Waals surface area (Å²) in [6.07, 6.45) is 13.8. The zero-order chi connectivity index (χ0) is 15.9. The van der Waals surface area contributed by atoms with Gasteiger partial charge in [0.25, 0.3) is 0 Å². The van der Waals surface area contributed by atoms with Gasteiger partial charge in [-0.05, 0) is 51.4 Å². The third-order valence-corrected chi connectivity index (χ3v) is 5.79. The molecule has 0 aromatic heterocycles. The van der Waals surface area contributed by atoms with Crippen LogP contribution in [0.4, 0.5) is 0 Å². The van der Waals surface area contributed by atoms with E-state index in [1.165, 1.54) is 77.3 Å². The molecule has 0 unspecified atom stereocenters. The Morgan fingerprint density at radius 2 is 1.78 bits per heavy atom. The topological polar surface area (TPSA) is 39.7 Å². The molecule has 0 aromatic rings. The second kappa shape index (κ2) is 8.91. The Morgan fingerprint density at radius 3 is 2.43 bits per heavy atom. The van der Waals surface area contributed by atoms with Gasteiger partial charge in [-0.1, -0.05) is 25.7 Å². The summed E-state index contributed by atoms with van der Waals surface area (Å²) in [5.74, 6) is 2.07. The van der Waals surface area contributed by atoms with Crippen LogP contribution in [0.15, 0.2) is 4.99 Å². The molecule has 3 rings (SSSR count). The average molecular weight is 321 g/mol. The van der Waals surface area contributed by atoms with Gasteiger partial charge < -0.3 is 15.5 Å². The quantitative estimate of drug-likeness (QED) is 0.430. The van der Waals surface area contributed by atoms with E-state index in [9.17, 15) is 0 Å². The molecular weight excluding hydrogens is 284 g/mol. The first kappa shape index (κ1) is 17.1. The summed E-state index contributed by atoms with van der Waals surface area (Å²) in [6.45, 7) is 6.62. The largest absolute Gasteiger partial charge is 0.357 e. The van der Waals surface area contributed by atoms with Crippen molar-refractivity contribution in [3.05, 3.63) is 0 Å². The summed E-state index contributed by atoms with van der Waals surface area (Å²) in [6, 6.07) is 1.49. The summed E-state index contributed by atoms with van der Waals surface area (Å²) < 4.78 is 0. The molecule has 1 aliphatic heterocycles. The van der Waals surface area contributed by atoms with E-state index in [1.807, 2.05) is 0 Å². The van der Waals surface area contributed by atoms with Crippen molar-refractivity contribution in [3.63, 3.8) is 0 Å². The molecule has 1 saturated heterocycles. The minimum atomic E-state index is 0.605. The van der Waals surface area contributed by atoms with Crippen molar-refractivity contribution in [3.8, 4) is 0 Å². The molecule has 132 valence electrons. The highest BCUT2D eigenvalue weighted by atomic mass is 15.2. The van der Waals surface area contributed by atoms with Crippen molar-refractivity contribution in [1.82, 2.24) is 15.5 Å². The van der Waals surface area contributed by atoms with Crippen LogP contribution in [0.25, 0.3) is 0 Å². The summed E-state index contributed by atoms with van der Waals surface area (Å²) >= 11 is 0. The second-order valence-electron chi connectivity index (χ2n) is 7.74. The first-order valence-corrected chi connectivity index (χ1v) is 10.1. The first-order valence-electron chi connectivity index (χ1n) is 10.1. The molecule has 3 aliphatic rings. The van der Waals surface area contributed by atoms with Gasteiger partial charge in [0.15, 0.2) is 5.96 Å². The van der Waals surface area contributed by atoms with Crippen LogP contribution in [0.5, 0.6) is 0 Å². The predicted octanol–water partition coefficient (Wildman–Crippen LogP) is 3.14. The Labute approximate surface area is 142 Å². The van der Waals surface area contributed by atoms with Crippen molar-refractivity contribution >= 4 is 5.96 Å². The summed E-state index contributed by atoms with van der Waals surface area (Å²) in [5, 5.41) is 7.11. The molecule has 4 nitrogen and oxygen atoms in total. The molecule has 0 radical (unpaired) electrons. The molecular formula is C19H36N4. The Hall–Kier alpha value is -0.770. The number of guanidine groups is 1. The maximum atomic E-state index is 4.78. The molecule has 0 bridgehead atoms. The number of rotatable bonds is 7. The molecule has 2 aliphatic carbocycles. The van der Waals surface area contributed by atoms with Crippen LogP contribution in [-0.2, 0) is 0 Å². The van der Waals surface area contributed by atoms with Crippen LogP contribution in [0, 0.1) is 5.92 Å². The highest BCUT2D eigenvalue weighted by Gasteiger charge is 2.27. The van der Waals surface area contributed by atoms with Crippen LogP contribution in [0.2, 0.25) is 0 Å². The molecule has 2 N–H and O–H groups in total. The van der Waals surface area contributed by atoms with E-state index >= 15 is 0 Å². The van der Waals surface area contributed by atoms with Crippen LogP contribution in [0.3, 0.4) is 0 Å². The van der Waals surface area contributed by atoms with Crippen LogP contribution < -0.4 is 10.6 Å². The molecule has 0 atom stereocenters. The normalized spacial score (nSPS) is 25.0. The van der Waals surface area contributed by atoms with E-state index < -0.39 is 0 Å². The SMILES string of the molecule is CCNC(=NCCCC1CC1)NC1CCN(C2CCCC2)CC1. The van der Waals surface area contributed by atoms with Crippen molar-refractivity contribution < 1.29 is 0 Å². The molecule has 3 fully saturated rings. The molecule has 0 amide bonds. The maximum Gasteiger partial charge on any atom is 0.191 e. The lowest BCUT2D eigenvalue weighted by atomic mass is 10.0. The van der Waals surface area contributed by atoms with Crippen molar-refractivity contribution in [2.75, 3.05) is 26.2 Å². The third kappa shape index (κ3) is 5.66. The lowest BCUT2D eigenvalue weighted by Gasteiger charge is -2.36. The zero-order valence-electron chi connectivity index (χ0n) is 15.0. The van der Waals surface area contributed by atoms with Crippen LogP contribution >= 0.6 is 0 Å². The standard InChI is InChI=1S/C19H36N4/c1-2-20-19(21-13-5-6-16-9-10-16)22-17-11-14-23(15-12-17)18-7-3-4-8-18/h16-18H,2-15H2,1H3,(H2,20,21,22). The summed E-state index contributed by atoms with van der Waals surface area (Å²) in [7, 11) is 0. The van der Waals surface area contributed by atoms with Gasteiger partial charge >= 0.3 is 0 Å². The van der Waals surface area contributed by atoms with Crippen LogP contribution in [-0.4, -0.2) is 49.1 Å². The van der Waals surface area contributed by atoms with E-state index in [0.29, 0.717) is 6.04 Å². The number of likely N-dealkylation sites (tertiary alicyclic amines) is 1. The Balaban J connectivity index is 1.37. The number of hydrogen-bond donors (Lipinski definition) is 2. The van der Waals surface area contributed by atoms with Crippen molar-refractivity contribution in [2.45, 2.75) is 83.2 Å². The van der Waals surface area contributed by atoms with Crippen LogP contribution in [0.1, 0.15) is 71.1 Å². The summed E-state index contributed by atoms with van der Waals surface area (Å²) in [5.41, 5.74) is 0. The van der Waals surface area contributed by atoms with E-state index in [1.54, 1.807) is 0 Å². The number of hydrogen-bond acceptors (Lipinski definition) is 2. The molecule has 0 spiro atoms. The van der Waals surface area contributed by atoms with Gasteiger partial charge in [0.2, 0.25) is 0 Å². The van der Waals surface area contributed by atoms with E-state index in [4.69, 9.17) is 4.99 Å². The lowest BCUT2D eigenvalue weighted by molar-refractivity contribution is 0.150. The van der Waals surface area contributed by atoms with E-state index in [0.717, 1.165) is 31.0 Å². The zero-order valence-corrected chi connectivity index (χ0v) is 15.0. The smallest absolute Gasteiger partial charge is 0.191 e. The fraction of sp³-hybridized carbons (Fsp3) is 0.947. The number of piperidine rings is 1. The van der Waals surface area contributed by atoms with E-state index in [-0.39, 0.29) is 0 Å². The highest BCUT2D eigenvalue weighted by Crippen LogP contribution is 2.33. The van der Waals surface area contributed by atoms with Gasteiger partial charge in [0, 0.05) is 38.3 Å². The predicted molar refractivity (Wildman–Crippen MR) is 97.9 cm³/mol. The number of nitrogens with one attached hydrogen (secondary N) is 2. The van der Waals surface area contributed by atoms with Gasteiger partial charge in [0.1, 0.15) is 0 Å². The first-order chi connectivity index (χ1) is 11.3. The van der Waals surface area contributed by atoms with Gasteiger partial charge in [-0.15, -0.1) is 0 Å². The third-order valence-electron chi connectivity index (χ3n) is 5.79. The Bertz CT molecular complexity index is 364. The van der Waals surface area contributed by atoms with E-state index in [2.05, 4.69) is 22.5 Å². The Kier molecular flexibility index (Phi) is 6.61. The minimum absolute atomic E-state index is 0.605. The minimum Gasteiger partial charge on any atom is -0.357 e. The van der Waals surface area contributed by atoms with Gasteiger partial charge in [-0.25, -0.2) is 0 Å². The number of aliphatic imine (C=N–C) groups is 1. The number of nitrogens with zero attached hydrogens (tertiary/aromatic N) is 2. The fourth-order valence-corrected chi connectivity index (χ4v) is 4.17. The van der Waals surface area contributed by atoms with Gasteiger partial charge in [-0.2, -0.15) is 0 Å². The lowest BCUT2D eigenvalue weighted by Crippen LogP contribution is -2.50.